The highest BCUT2D eigenvalue weighted by molar-refractivity contribution is 6.30. The minimum absolute atomic E-state index is 0.750. The van der Waals surface area contributed by atoms with Crippen molar-refractivity contribution in [2.75, 3.05) is 0 Å². The highest BCUT2D eigenvalue weighted by Crippen LogP contribution is 2.37. The van der Waals surface area contributed by atoms with E-state index in [9.17, 15) is 0 Å². The van der Waals surface area contributed by atoms with Crippen LogP contribution in [-0.4, -0.2) is 4.57 Å². The lowest BCUT2D eigenvalue weighted by Crippen LogP contribution is -1.97. The van der Waals surface area contributed by atoms with Gasteiger partial charge in [0, 0.05) is 21.4 Å². The Bertz CT molecular complexity index is 1540. The van der Waals surface area contributed by atoms with Crippen molar-refractivity contribution in [3.63, 3.8) is 0 Å². The van der Waals surface area contributed by atoms with Gasteiger partial charge in [0.1, 0.15) is 0 Å². The number of hydrogen-bond donors (Lipinski definition) is 0. The van der Waals surface area contributed by atoms with E-state index in [0.717, 1.165) is 10.6 Å². The second kappa shape index (κ2) is 6.76. The average molecular weight is 404 g/mol. The molecule has 0 spiro atoms. The molecule has 6 aromatic rings. The quantitative estimate of drug-likeness (QED) is 0.274. The maximum absolute atomic E-state index is 6.14. The molecule has 30 heavy (non-hydrogen) atoms. The molecule has 0 aliphatic rings. The van der Waals surface area contributed by atoms with Crippen LogP contribution in [0.4, 0.5) is 0 Å². The van der Waals surface area contributed by atoms with Crippen LogP contribution < -0.4 is 0 Å². The summed E-state index contributed by atoms with van der Waals surface area (Å²) in [5, 5.41) is 5.80. The Morgan fingerprint density at radius 3 is 2.03 bits per heavy atom. The molecule has 0 bridgehead atoms. The third-order valence-corrected chi connectivity index (χ3v) is 6.09. The fraction of sp³-hybridized carbons (Fsp3) is 0. The fourth-order valence-corrected chi connectivity index (χ4v) is 4.58. The van der Waals surface area contributed by atoms with Gasteiger partial charge in [0.05, 0.1) is 16.7 Å². The predicted octanol–water partition coefficient (Wildman–Crippen LogP) is 8.26. The molecule has 0 N–H and O–H groups in total. The van der Waals surface area contributed by atoms with Crippen molar-refractivity contribution < 1.29 is 0 Å². The van der Waals surface area contributed by atoms with Crippen molar-refractivity contribution in [3.8, 4) is 16.8 Å². The first kappa shape index (κ1) is 17.3. The third-order valence-electron chi connectivity index (χ3n) is 5.84. The Labute approximate surface area is 179 Å². The highest BCUT2D eigenvalue weighted by Gasteiger charge is 2.15. The van der Waals surface area contributed by atoms with Gasteiger partial charge in [-0.05, 0) is 52.7 Å². The van der Waals surface area contributed by atoms with E-state index < -0.39 is 0 Å². The fourth-order valence-electron chi connectivity index (χ4n) is 4.46. The summed E-state index contributed by atoms with van der Waals surface area (Å²) in [4.78, 5) is 0. The van der Waals surface area contributed by atoms with E-state index in [4.69, 9.17) is 11.6 Å². The summed E-state index contributed by atoms with van der Waals surface area (Å²) < 4.78 is 2.39. The van der Waals surface area contributed by atoms with E-state index >= 15 is 0 Å². The first-order valence-corrected chi connectivity index (χ1v) is 10.4. The molecule has 0 atom stereocenters. The Morgan fingerprint density at radius 2 is 1.20 bits per heavy atom. The Morgan fingerprint density at radius 1 is 0.533 bits per heavy atom. The number of para-hydroxylation sites is 2. The molecule has 0 saturated heterocycles. The SMILES string of the molecule is Clc1ccc(-c2ccccc2-n2c3ccccc3c3cc4ccccc4cc32)cc1. The molecule has 2 heteroatoms. The third kappa shape index (κ3) is 2.63. The standard InChI is InChI=1S/C28H18ClN/c29-22-15-13-19(14-16-22)23-9-3-5-11-26(23)30-27-12-6-4-10-24(27)25-17-20-7-1-2-8-21(20)18-28(25)30/h1-18H. The van der Waals surface area contributed by atoms with Gasteiger partial charge in [-0.3, -0.25) is 0 Å². The van der Waals surface area contributed by atoms with Crippen LogP contribution in [0.1, 0.15) is 0 Å². The molecule has 0 fully saturated rings. The molecular weight excluding hydrogens is 386 g/mol. The molecule has 0 amide bonds. The van der Waals surface area contributed by atoms with Crippen molar-refractivity contribution in [2.24, 2.45) is 0 Å². The van der Waals surface area contributed by atoms with Gasteiger partial charge in [-0.1, -0.05) is 84.4 Å². The summed E-state index contributed by atoms with van der Waals surface area (Å²) in [6, 6.07) is 38.5. The molecule has 1 heterocycles. The average Bonchev–Trinajstić information content (AvgIpc) is 3.11. The molecule has 1 aromatic heterocycles. The largest absolute Gasteiger partial charge is 0.309 e. The van der Waals surface area contributed by atoms with Gasteiger partial charge in [-0.2, -0.15) is 0 Å². The lowest BCUT2D eigenvalue weighted by atomic mass is 10.0. The number of benzene rings is 5. The monoisotopic (exact) mass is 403 g/mol. The molecule has 142 valence electrons. The first-order chi connectivity index (χ1) is 14.8. The summed E-state index contributed by atoms with van der Waals surface area (Å²) in [7, 11) is 0. The van der Waals surface area contributed by atoms with Crippen molar-refractivity contribution in [2.45, 2.75) is 0 Å². The first-order valence-electron chi connectivity index (χ1n) is 10.1. The molecule has 0 aliphatic carbocycles. The number of rotatable bonds is 2. The normalized spacial score (nSPS) is 11.5. The van der Waals surface area contributed by atoms with E-state index in [2.05, 4.69) is 102 Å². The summed E-state index contributed by atoms with van der Waals surface area (Å²) in [5.74, 6) is 0. The van der Waals surface area contributed by atoms with Crippen LogP contribution in [0.25, 0.3) is 49.4 Å². The van der Waals surface area contributed by atoms with Gasteiger partial charge in [0.15, 0.2) is 0 Å². The second-order valence-corrected chi connectivity index (χ2v) is 8.03. The number of hydrogen-bond acceptors (Lipinski definition) is 0. The van der Waals surface area contributed by atoms with E-state index in [1.165, 1.54) is 43.8 Å². The Kier molecular flexibility index (Phi) is 3.90. The Hall–Kier alpha value is -3.55. The van der Waals surface area contributed by atoms with Crippen LogP contribution in [0.15, 0.2) is 109 Å². The van der Waals surface area contributed by atoms with Crippen molar-refractivity contribution in [1.29, 1.82) is 0 Å². The van der Waals surface area contributed by atoms with Crippen LogP contribution in [0.3, 0.4) is 0 Å². The zero-order valence-electron chi connectivity index (χ0n) is 16.2. The maximum atomic E-state index is 6.14. The summed E-state index contributed by atoms with van der Waals surface area (Å²) in [6.07, 6.45) is 0. The van der Waals surface area contributed by atoms with Crippen molar-refractivity contribution in [3.05, 3.63) is 114 Å². The lowest BCUT2D eigenvalue weighted by molar-refractivity contribution is 1.18. The van der Waals surface area contributed by atoms with Gasteiger partial charge in [0.2, 0.25) is 0 Å². The van der Waals surface area contributed by atoms with Crippen LogP contribution in [-0.2, 0) is 0 Å². The van der Waals surface area contributed by atoms with Gasteiger partial charge < -0.3 is 4.57 Å². The minimum Gasteiger partial charge on any atom is -0.309 e. The zero-order valence-corrected chi connectivity index (χ0v) is 17.0. The summed E-state index contributed by atoms with van der Waals surface area (Å²) in [6.45, 7) is 0. The van der Waals surface area contributed by atoms with Crippen LogP contribution in [0.2, 0.25) is 5.02 Å². The Balaban J connectivity index is 1.75. The predicted molar refractivity (Wildman–Crippen MR) is 129 cm³/mol. The number of nitrogens with zero attached hydrogens (tertiary/aromatic N) is 1. The van der Waals surface area contributed by atoms with Crippen LogP contribution >= 0.6 is 11.6 Å². The minimum atomic E-state index is 0.750. The van der Waals surface area contributed by atoms with E-state index in [1.807, 2.05) is 12.1 Å². The van der Waals surface area contributed by atoms with Crippen molar-refractivity contribution in [1.82, 2.24) is 4.57 Å². The van der Waals surface area contributed by atoms with Crippen LogP contribution in [0, 0.1) is 0 Å². The van der Waals surface area contributed by atoms with Gasteiger partial charge in [-0.15, -0.1) is 0 Å². The second-order valence-electron chi connectivity index (χ2n) is 7.59. The molecule has 0 saturated carbocycles. The van der Waals surface area contributed by atoms with Gasteiger partial charge in [-0.25, -0.2) is 0 Å². The van der Waals surface area contributed by atoms with E-state index in [-0.39, 0.29) is 0 Å². The highest BCUT2D eigenvalue weighted by atomic mass is 35.5. The summed E-state index contributed by atoms with van der Waals surface area (Å²) >= 11 is 6.14. The molecule has 6 rings (SSSR count). The molecule has 1 nitrogen and oxygen atoms in total. The number of aromatic nitrogens is 1. The van der Waals surface area contributed by atoms with Crippen LogP contribution in [0.5, 0.6) is 0 Å². The number of halogens is 1. The van der Waals surface area contributed by atoms with Crippen molar-refractivity contribution >= 4 is 44.2 Å². The van der Waals surface area contributed by atoms with Gasteiger partial charge >= 0.3 is 0 Å². The number of fused-ring (bicyclic) bond motifs is 4. The lowest BCUT2D eigenvalue weighted by Gasteiger charge is -2.14. The molecule has 0 radical (unpaired) electrons. The topological polar surface area (TPSA) is 4.93 Å². The smallest absolute Gasteiger partial charge is 0.0547 e. The van der Waals surface area contributed by atoms with E-state index in [1.54, 1.807) is 0 Å². The maximum Gasteiger partial charge on any atom is 0.0547 e. The molecule has 5 aromatic carbocycles. The van der Waals surface area contributed by atoms with E-state index in [0.29, 0.717) is 0 Å². The molecular formula is C28H18ClN. The summed E-state index contributed by atoms with van der Waals surface area (Å²) in [5.41, 5.74) is 5.94. The molecule has 0 aliphatic heterocycles. The van der Waals surface area contributed by atoms with Gasteiger partial charge in [0.25, 0.3) is 0 Å². The zero-order chi connectivity index (χ0) is 20.1. The molecule has 0 unspecified atom stereocenters.